The molecule has 0 unspecified atom stereocenters. The molecule has 0 amide bonds. The lowest BCUT2D eigenvalue weighted by molar-refractivity contribution is 0.0689. The number of ether oxygens (including phenoxy) is 1. The third kappa shape index (κ3) is 2.06. The van der Waals surface area contributed by atoms with Crippen molar-refractivity contribution in [2.45, 2.75) is 6.42 Å². The normalized spacial score (nSPS) is 14.1. The number of benzene rings is 1. The molecule has 3 rings (SSSR count). The number of esters is 1. The van der Waals surface area contributed by atoms with Gasteiger partial charge in [0.2, 0.25) is 0 Å². The Labute approximate surface area is 108 Å². The Morgan fingerprint density at radius 1 is 1.11 bits per heavy atom. The van der Waals surface area contributed by atoms with E-state index in [4.69, 9.17) is 9.15 Å². The topological polar surface area (TPSA) is 68.9 Å². The van der Waals surface area contributed by atoms with E-state index in [1.807, 2.05) is 12.1 Å². The average molecular weight is 255 g/mol. The van der Waals surface area contributed by atoms with Crippen molar-refractivity contribution in [1.82, 2.24) is 0 Å². The largest absolute Gasteiger partial charge is 0.432 e. The summed E-state index contributed by atoms with van der Waals surface area (Å²) in [5, 5.41) is 2.68. The summed E-state index contributed by atoms with van der Waals surface area (Å²) in [5.74, 6) is 0.136. The summed E-state index contributed by atoms with van der Waals surface area (Å²) < 4.78 is 10.4. The van der Waals surface area contributed by atoms with Crippen LogP contribution in [0.3, 0.4) is 0 Å². The molecule has 19 heavy (non-hydrogen) atoms. The fraction of sp³-hybridized carbons (Fsp3) is 0.0714. The molecule has 5 nitrogen and oxygen atoms in total. The van der Waals surface area contributed by atoms with Gasteiger partial charge in [0.05, 0.1) is 5.56 Å². The van der Waals surface area contributed by atoms with Gasteiger partial charge in [-0.05, 0) is 30.2 Å². The van der Waals surface area contributed by atoms with Gasteiger partial charge in [0.15, 0.2) is 11.5 Å². The summed E-state index contributed by atoms with van der Waals surface area (Å²) in [6.45, 7) is 0. The molecule has 0 N–H and O–H groups in total. The number of hydrogen-bond acceptors (Lipinski definition) is 5. The van der Waals surface area contributed by atoms with Crippen molar-refractivity contribution in [3.63, 3.8) is 0 Å². The van der Waals surface area contributed by atoms with Gasteiger partial charge in [-0.15, -0.1) is 4.91 Å². The number of carbonyl (C=O) groups excluding carboxylic acids is 1. The Morgan fingerprint density at radius 3 is 2.74 bits per heavy atom. The molecule has 0 aliphatic carbocycles. The SMILES string of the molecule is O=Nc1ccc(C2=CCc3ccccc3C(=O)O2)o1. The van der Waals surface area contributed by atoms with E-state index in [0.29, 0.717) is 23.5 Å². The zero-order valence-electron chi connectivity index (χ0n) is 9.83. The fourth-order valence-electron chi connectivity index (χ4n) is 1.96. The van der Waals surface area contributed by atoms with Gasteiger partial charge >= 0.3 is 5.97 Å². The first kappa shape index (κ1) is 11.4. The highest BCUT2D eigenvalue weighted by molar-refractivity contribution is 5.95. The molecule has 1 aromatic heterocycles. The summed E-state index contributed by atoms with van der Waals surface area (Å²) >= 11 is 0. The van der Waals surface area contributed by atoms with E-state index in [1.165, 1.54) is 6.07 Å². The van der Waals surface area contributed by atoms with Crippen LogP contribution >= 0.6 is 0 Å². The van der Waals surface area contributed by atoms with Gasteiger partial charge in [-0.1, -0.05) is 18.2 Å². The Morgan fingerprint density at radius 2 is 1.95 bits per heavy atom. The number of carbonyl (C=O) groups is 1. The molecule has 0 saturated carbocycles. The summed E-state index contributed by atoms with van der Waals surface area (Å²) in [7, 11) is 0. The van der Waals surface area contributed by atoms with Crippen molar-refractivity contribution in [3.8, 4) is 0 Å². The summed E-state index contributed by atoms with van der Waals surface area (Å²) in [4.78, 5) is 22.3. The first-order valence-electron chi connectivity index (χ1n) is 5.72. The van der Waals surface area contributed by atoms with Crippen molar-refractivity contribution in [3.05, 3.63) is 64.3 Å². The molecule has 0 spiro atoms. The molecular weight excluding hydrogens is 246 g/mol. The Hall–Kier alpha value is -2.69. The van der Waals surface area contributed by atoms with E-state index in [0.717, 1.165) is 5.56 Å². The van der Waals surface area contributed by atoms with E-state index >= 15 is 0 Å². The molecule has 0 fully saturated rings. The van der Waals surface area contributed by atoms with E-state index in [1.54, 1.807) is 24.3 Å². The molecule has 2 aromatic rings. The zero-order chi connectivity index (χ0) is 13.2. The Kier molecular flexibility index (Phi) is 2.72. The van der Waals surface area contributed by atoms with Crippen LogP contribution in [0.2, 0.25) is 0 Å². The van der Waals surface area contributed by atoms with Gasteiger partial charge in [0.25, 0.3) is 5.88 Å². The second-order valence-electron chi connectivity index (χ2n) is 4.05. The van der Waals surface area contributed by atoms with E-state index in [9.17, 15) is 9.70 Å². The third-order valence-corrected chi connectivity index (χ3v) is 2.87. The van der Waals surface area contributed by atoms with Crippen LogP contribution in [0.5, 0.6) is 0 Å². The van der Waals surface area contributed by atoms with Crippen LogP contribution in [0.1, 0.15) is 21.7 Å². The zero-order valence-corrected chi connectivity index (χ0v) is 9.83. The highest BCUT2D eigenvalue weighted by Gasteiger charge is 2.20. The monoisotopic (exact) mass is 255 g/mol. The van der Waals surface area contributed by atoms with Crippen LogP contribution in [0.15, 0.2) is 52.1 Å². The quantitative estimate of drug-likeness (QED) is 0.609. The molecule has 1 aliphatic rings. The highest BCUT2D eigenvalue weighted by atomic mass is 16.5. The minimum atomic E-state index is -0.434. The van der Waals surface area contributed by atoms with Gasteiger partial charge in [-0.3, -0.25) is 0 Å². The van der Waals surface area contributed by atoms with Gasteiger partial charge < -0.3 is 9.15 Å². The second-order valence-corrected chi connectivity index (χ2v) is 4.05. The predicted octanol–water partition coefficient (Wildman–Crippen LogP) is 3.43. The summed E-state index contributed by atoms with van der Waals surface area (Å²) in [6, 6.07) is 10.2. The lowest BCUT2D eigenvalue weighted by Gasteiger charge is -2.04. The van der Waals surface area contributed by atoms with E-state index in [2.05, 4.69) is 5.18 Å². The molecular formula is C14H9NO4. The number of allylic oxidation sites excluding steroid dienone is 1. The van der Waals surface area contributed by atoms with Gasteiger partial charge in [0, 0.05) is 11.2 Å². The van der Waals surface area contributed by atoms with Crippen LogP contribution in [0, 0.1) is 4.91 Å². The smallest absolute Gasteiger partial charge is 0.343 e. The minimum absolute atomic E-state index is 0.0475. The second kappa shape index (κ2) is 4.53. The number of furan rings is 1. The molecule has 94 valence electrons. The molecule has 0 atom stereocenters. The van der Waals surface area contributed by atoms with Crippen molar-refractivity contribution < 1.29 is 13.9 Å². The first-order valence-corrected chi connectivity index (χ1v) is 5.72. The maximum Gasteiger partial charge on any atom is 0.343 e. The Balaban J connectivity index is 1.97. The maximum atomic E-state index is 12.0. The van der Waals surface area contributed by atoms with Gasteiger partial charge in [-0.25, -0.2) is 4.79 Å². The third-order valence-electron chi connectivity index (χ3n) is 2.87. The Bertz CT molecular complexity index is 684. The van der Waals surface area contributed by atoms with Crippen molar-refractivity contribution in [1.29, 1.82) is 0 Å². The van der Waals surface area contributed by atoms with Crippen LogP contribution < -0.4 is 0 Å². The summed E-state index contributed by atoms with van der Waals surface area (Å²) in [5.41, 5.74) is 1.43. The number of cyclic esters (lactones) is 1. The van der Waals surface area contributed by atoms with Crippen molar-refractivity contribution in [2.24, 2.45) is 5.18 Å². The van der Waals surface area contributed by atoms with Crippen molar-refractivity contribution >= 4 is 17.6 Å². The molecule has 0 radical (unpaired) electrons. The lowest BCUT2D eigenvalue weighted by Crippen LogP contribution is -2.04. The number of nitrogens with zero attached hydrogens (tertiary/aromatic N) is 1. The number of rotatable bonds is 2. The predicted molar refractivity (Wildman–Crippen MR) is 67.7 cm³/mol. The van der Waals surface area contributed by atoms with Crippen LogP contribution in [-0.4, -0.2) is 5.97 Å². The molecule has 1 aliphatic heterocycles. The average Bonchev–Trinajstić information content (AvgIpc) is 2.86. The summed E-state index contributed by atoms with van der Waals surface area (Å²) in [6.07, 6.45) is 2.30. The van der Waals surface area contributed by atoms with Crippen LogP contribution in [-0.2, 0) is 11.2 Å². The lowest BCUT2D eigenvalue weighted by atomic mass is 10.1. The first-order chi connectivity index (χ1) is 9.28. The molecule has 5 heteroatoms. The van der Waals surface area contributed by atoms with Crippen molar-refractivity contribution in [2.75, 3.05) is 0 Å². The number of nitroso groups, excluding NO2 is 1. The van der Waals surface area contributed by atoms with Gasteiger partial charge in [-0.2, -0.15) is 0 Å². The number of fused-ring (bicyclic) bond motifs is 1. The highest BCUT2D eigenvalue weighted by Crippen LogP contribution is 2.28. The molecule has 1 aromatic carbocycles. The van der Waals surface area contributed by atoms with Crippen LogP contribution in [0.25, 0.3) is 5.76 Å². The molecule has 0 saturated heterocycles. The molecule has 2 heterocycles. The standard InChI is InChI=1S/C14H9NO4/c16-14-10-4-2-1-3-9(10)5-6-12(19-14)11-7-8-13(15-17)18-11/h1-4,6-8H,5H2. The van der Waals surface area contributed by atoms with Crippen LogP contribution in [0.4, 0.5) is 5.88 Å². The number of hydrogen-bond donors (Lipinski definition) is 0. The van der Waals surface area contributed by atoms with E-state index in [-0.39, 0.29) is 5.88 Å². The fourth-order valence-corrected chi connectivity index (χ4v) is 1.96. The van der Waals surface area contributed by atoms with Gasteiger partial charge in [0.1, 0.15) is 0 Å². The molecule has 0 bridgehead atoms. The minimum Gasteiger partial charge on any atom is -0.432 e. The van der Waals surface area contributed by atoms with E-state index < -0.39 is 5.97 Å². The maximum absolute atomic E-state index is 12.0.